The van der Waals surface area contributed by atoms with Gasteiger partial charge in [0.15, 0.2) is 5.82 Å². The Morgan fingerprint density at radius 3 is 2.32 bits per heavy atom. The molecule has 0 bridgehead atoms. The van der Waals surface area contributed by atoms with Gasteiger partial charge < -0.3 is 14.0 Å². The van der Waals surface area contributed by atoms with Crippen molar-refractivity contribution in [3.05, 3.63) is 18.1 Å². The van der Waals surface area contributed by atoms with Crippen LogP contribution >= 0.6 is 0 Å². The fourth-order valence-corrected chi connectivity index (χ4v) is 1.71. The topological polar surface area (TPSA) is 40.6 Å². The van der Waals surface area contributed by atoms with Gasteiger partial charge in [0.25, 0.3) is 5.88 Å². The first-order valence-electron chi connectivity index (χ1n) is 5.97. The van der Waals surface area contributed by atoms with Crippen LogP contribution in [0.2, 0.25) is 0 Å². The first kappa shape index (κ1) is 14.2. The molecule has 0 aliphatic carbocycles. The van der Waals surface area contributed by atoms with E-state index in [1.54, 1.807) is 0 Å². The second-order valence-corrected chi connectivity index (χ2v) is 5.40. The fourth-order valence-electron chi connectivity index (χ4n) is 1.71. The van der Waals surface area contributed by atoms with Gasteiger partial charge in [-0.3, -0.25) is 0 Å². The van der Waals surface area contributed by atoms with Gasteiger partial charge in [-0.15, -0.1) is 0 Å². The molecular formula is C12H16BF2NO3. The van der Waals surface area contributed by atoms with Crippen LogP contribution in [-0.4, -0.2) is 30.2 Å². The monoisotopic (exact) mass is 271 g/mol. The minimum absolute atomic E-state index is 0.372. The molecule has 1 fully saturated rings. The lowest BCUT2D eigenvalue weighted by atomic mass is 9.80. The Bertz CT molecular complexity index is 466. The molecule has 104 valence electrons. The van der Waals surface area contributed by atoms with E-state index in [2.05, 4.69) is 9.72 Å². The summed E-state index contributed by atoms with van der Waals surface area (Å²) in [6, 6.07) is 1.18. The van der Waals surface area contributed by atoms with Crippen molar-refractivity contribution in [3.63, 3.8) is 0 Å². The number of alkyl halides is 1. The molecule has 1 aliphatic rings. The molecule has 0 amide bonds. The summed E-state index contributed by atoms with van der Waals surface area (Å²) in [6.45, 7) is 6.48. The number of nitrogens with zero attached hydrogens (tertiary/aromatic N) is 1. The van der Waals surface area contributed by atoms with Crippen molar-refractivity contribution >= 4 is 12.6 Å². The summed E-state index contributed by atoms with van der Waals surface area (Å²) < 4.78 is 41.5. The molecule has 4 nitrogen and oxygen atoms in total. The molecule has 2 rings (SSSR count). The maximum Gasteiger partial charge on any atom is 0.496 e. The van der Waals surface area contributed by atoms with Gasteiger partial charge in [0.1, 0.15) is 0 Å². The molecule has 7 heteroatoms. The summed E-state index contributed by atoms with van der Waals surface area (Å²) in [5, 5.41) is 0. The molecule has 1 aromatic rings. The Morgan fingerprint density at radius 1 is 1.26 bits per heavy atom. The van der Waals surface area contributed by atoms with Gasteiger partial charge in [0.2, 0.25) is 6.86 Å². The highest BCUT2D eigenvalue weighted by Gasteiger charge is 2.51. The highest BCUT2D eigenvalue weighted by molar-refractivity contribution is 6.62. The maximum absolute atomic E-state index is 13.6. The van der Waals surface area contributed by atoms with Crippen LogP contribution in [0, 0.1) is 5.82 Å². The van der Waals surface area contributed by atoms with Gasteiger partial charge in [-0.05, 0) is 33.8 Å². The summed E-state index contributed by atoms with van der Waals surface area (Å²) in [5.41, 5.74) is -0.591. The first-order valence-corrected chi connectivity index (χ1v) is 5.97. The highest BCUT2D eigenvalue weighted by Crippen LogP contribution is 2.36. The van der Waals surface area contributed by atoms with Crippen LogP contribution in [0.5, 0.6) is 5.88 Å². The number of aromatic nitrogens is 1. The van der Waals surface area contributed by atoms with Gasteiger partial charge >= 0.3 is 7.12 Å². The molecule has 0 unspecified atom stereocenters. The number of hydrogen-bond acceptors (Lipinski definition) is 4. The molecule has 0 saturated carbocycles. The lowest BCUT2D eigenvalue weighted by Crippen LogP contribution is -2.41. The van der Waals surface area contributed by atoms with Crippen molar-refractivity contribution in [2.24, 2.45) is 0 Å². The SMILES string of the molecule is CC1(C)OB(c2cnc(OCF)c(F)c2)OC1(C)C. The van der Waals surface area contributed by atoms with Gasteiger partial charge in [-0.2, -0.15) is 0 Å². The average molecular weight is 271 g/mol. The maximum atomic E-state index is 13.6. The quantitative estimate of drug-likeness (QED) is 0.786. The summed E-state index contributed by atoms with van der Waals surface area (Å²) in [7, 11) is -0.702. The molecule has 0 N–H and O–H groups in total. The van der Waals surface area contributed by atoms with E-state index in [1.807, 2.05) is 27.7 Å². The second kappa shape index (κ2) is 4.72. The largest absolute Gasteiger partial charge is 0.496 e. The molecule has 1 aliphatic heterocycles. The molecule has 0 spiro atoms. The standard InChI is InChI=1S/C12H16BF2NO3/c1-11(2)12(3,4)19-13(18-11)8-5-9(15)10(16-6-8)17-7-14/h5-6H,7H2,1-4H3. The molecule has 0 atom stereocenters. The van der Waals surface area contributed by atoms with Crippen molar-refractivity contribution in [1.82, 2.24) is 4.98 Å². The van der Waals surface area contributed by atoms with Crippen molar-refractivity contribution in [3.8, 4) is 5.88 Å². The van der Waals surface area contributed by atoms with Crippen LogP contribution in [-0.2, 0) is 9.31 Å². The van der Waals surface area contributed by atoms with Crippen LogP contribution in [0.3, 0.4) is 0 Å². The van der Waals surface area contributed by atoms with E-state index >= 15 is 0 Å². The second-order valence-electron chi connectivity index (χ2n) is 5.40. The molecule has 1 saturated heterocycles. The minimum atomic E-state index is -1.13. The Balaban J connectivity index is 2.23. The lowest BCUT2D eigenvalue weighted by molar-refractivity contribution is 0.00578. The van der Waals surface area contributed by atoms with Crippen LogP contribution in [0.1, 0.15) is 27.7 Å². The summed E-state index contributed by atoms with van der Waals surface area (Å²) in [4.78, 5) is 3.71. The van der Waals surface area contributed by atoms with Crippen molar-refractivity contribution < 1.29 is 22.8 Å². The molecule has 0 aromatic carbocycles. The zero-order chi connectivity index (χ0) is 14.3. The smallest absolute Gasteiger partial charge is 0.444 e. The lowest BCUT2D eigenvalue weighted by Gasteiger charge is -2.32. The van der Waals surface area contributed by atoms with Crippen molar-refractivity contribution in [1.29, 1.82) is 0 Å². The number of halogens is 2. The number of pyridine rings is 1. The fraction of sp³-hybridized carbons (Fsp3) is 0.583. The zero-order valence-corrected chi connectivity index (χ0v) is 11.4. The Labute approximate surface area is 111 Å². The third-order valence-corrected chi connectivity index (χ3v) is 3.55. The summed E-state index contributed by atoms with van der Waals surface area (Å²) in [5.74, 6) is -1.12. The van der Waals surface area contributed by atoms with E-state index in [1.165, 1.54) is 12.3 Å². The van der Waals surface area contributed by atoms with E-state index in [0.717, 1.165) is 0 Å². The first-order chi connectivity index (χ1) is 8.77. The third-order valence-electron chi connectivity index (χ3n) is 3.55. The number of ether oxygens (including phenoxy) is 1. The predicted octanol–water partition coefficient (Wildman–Crippen LogP) is 1.83. The minimum Gasteiger partial charge on any atom is -0.444 e. The average Bonchev–Trinajstić information content (AvgIpc) is 2.51. The Kier molecular flexibility index (Phi) is 3.53. The van der Waals surface area contributed by atoms with Crippen LogP contribution in [0.4, 0.5) is 8.78 Å². The summed E-state index contributed by atoms with van der Waals surface area (Å²) in [6.07, 6.45) is 1.36. The van der Waals surface area contributed by atoms with Crippen molar-refractivity contribution in [2.75, 3.05) is 6.86 Å². The molecule has 2 heterocycles. The van der Waals surface area contributed by atoms with Crippen molar-refractivity contribution in [2.45, 2.75) is 38.9 Å². The molecule has 1 aromatic heterocycles. The highest BCUT2D eigenvalue weighted by atomic mass is 19.1. The number of hydrogen-bond donors (Lipinski definition) is 0. The predicted molar refractivity (Wildman–Crippen MR) is 66.5 cm³/mol. The molecule has 0 radical (unpaired) electrons. The zero-order valence-electron chi connectivity index (χ0n) is 11.4. The Morgan fingerprint density at radius 2 is 1.84 bits per heavy atom. The van der Waals surface area contributed by atoms with E-state index in [0.29, 0.717) is 5.46 Å². The molecular weight excluding hydrogens is 255 g/mol. The summed E-state index contributed by atoms with van der Waals surface area (Å²) >= 11 is 0. The van der Waals surface area contributed by atoms with Gasteiger partial charge in [0.05, 0.1) is 11.2 Å². The van der Waals surface area contributed by atoms with Crippen LogP contribution < -0.4 is 10.2 Å². The van der Waals surface area contributed by atoms with E-state index in [-0.39, 0.29) is 5.88 Å². The molecule has 19 heavy (non-hydrogen) atoms. The normalized spacial score (nSPS) is 20.6. The van der Waals surface area contributed by atoms with Crippen LogP contribution in [0.15, 0.2) is 12.3 Å². The van der Waals surface area contributed by atoms with Gasteiger partial charge in [-0.25, -0.2) is 13.8 Å². The number of rotatable bonds is 3. The van der Waals surface area contributed by atoms with Gasteiger partial charge in [-0.1, -0.05) is 0 Å². The van der Waals surface area contributed by atoms with E-state index in [4.69, 9.17) is 9.31 Å². The van der Waals surface area contributed by atoms with E-state index < -0.39 is 31.0 Å². The van der Waals surface area contributed by atoms with Crippen LogP contribution in [0.25, 0.3) is 0 Å². The van der Waals surface area contributed by atoms with Gasteiger partial charge in [0, 0.05) is 11.7 Å². The Hall–Kier alpha value is -1.21. The van der Waals surface area contributed by atoms with E-state index in [9.17, 15) is 8.78 Å². The third kappa shape index (κ3) is 2.57.